The molecule has 0 bridgehead atoms. The van der Waals surface area contributed by atoms with E-state index >= 15 is 0 Å². The number of primary amides is 2. The van der Waals surface area contributed by atoms with Crippen molar-refractivity contribution >= 4 is 112 Å². The van der Waals surface area contributed by atoms with Gasteiger partial charge in [0, 0.05) is 45.4 Å². The molecule has 3 fully saturated rings. The van der Waals surface area contributed by atoms with Crippen molar-refractivity contribution in [2.45, 2.75) is 274 Å². The first-order chi connectivity index (χ1) is 52.6. The topological polar surface area (TPSA) is 682 Å². The van der Waals surface area contributed by atoms with Crippen molar-refractivity contribution in [1.82, 2.24) is 78.5 Å². The number of nitrogens with zero attached hydrogens (tertiary/aromatic N) is 3. The standard InChI is InChI=1S/C70H120N22O20/c1-35(2)53(65(107)81-38(6)56(98)79-39(7)58(100)87-46(69(111)112)24-27-51(75)94)88-61(103)41(17-9-11-29-71)82-60(102)42(19-13-31-78-70(76)77)83-62(104)47-20-14-32-90(47)66(108)44(18-10-12-30-72)86-57(99)40(8)80-59(101)43(23-26-50(74)93)84-63(105)48-21-16-34-92(48)68(110)54(36(3)4)89-64(106)49-22-15-33-91(49)67(109)45(25-28-52(95)96)85-55(97)37(5)73/h35-49,53-54H,9-34,71-73H2,1-8H3,(H2,74,93)(H2,75,94)(H,79,98)(H,80,101)(H,81,107)(H,82,102)(H,83,104)(H,84,105)(H,85,97)(H,86,99)(H,87,100)(H,88,103)(H,89,106)(H,95,96)(H,111,112)(H4,76,77,78)/t37-,38-,39-,40-,41-,42-,43-,44-,45-,46-,47-,48-,49-,53-,54-/m0/s1. The van der Waals surface area contributed by atoms with Crippen LogP contribution in [0, 0.1) is 17.2 Å². The van der Waals surface area contributed by atoms with Gasteiger partial charge in [-0.1, -0.05) is 27.7 Å². The van der Waals surface area contributed by atoms with E-state index in [-0.39, 0.29) is 123 Å². The summed E-state index contributed by atoms with van der Waals surface area (Å²) < 4.78 is 0. The number of likely N-dealkylation sites (tertiary alicyclic amines) is 3. The summed E-state index contributed by atoms with van der Waals surface area (Å²) >= 11 is 0. The molecule has 0 aromatic heterocycles. The molecule has 0 aromatic rings. The van der Waals surface area contributed by atoms with Crippen LogP contribution in [0.25, 0.3) is 0 Å². The van der Waals surface area contributed by atoms with Crippen LogP contribution in [0.15, 0.2) is 0 Å². The molecule has 0 aromatic carbocycles. The van der Waals surface area contributed by atoms with Gasteiger partial charge >= 0.3 is 11.9 Å². The van der Waals surface area contributed by atoms with Gasteiger partial charge in [0.15, 0.2) is 5.96 Å². The molecule has 0 saturated carbocycles. The Morgan fingerprint density at radius 1 is 0.384 bits per heavy atom. The maximum atomic E-state index is 14.8. The lowest BCUT2D eigenvalue weighted by atomic mass is 10.0. The van der Waals surface area contributed by atoms with E-state index < -0.39 is 228 Å². The molecular formula is C70H120N22O20. The number of unbranched alkanes of at least 4 members (excludes halogenated alkanes) is 2. The van der Waals surface area contributed by atoms with E-state index in [1.54, 1.807) is 27.7 Å². The summed E-state index contributed by atoms with van der Waals surface area (Å²) in [6.07, 6.45) is 0.344. The number of amides is 16. The predicted octanol–water partition coefficient (Wildman–Crippen LogP) is -6.99. The van der Waals surface area contributed by atoms with Crippen molar-refractivity contribution in [2.24, 2.45) is 46.2 Å². The van der Waals surface area contributed by atoms with Gasteiger partial charge < -0.3 is 123 Å². The number of hydrogen-bond donors (Lipinski definition) is 21. The summed E-state index contributed by atoms with van der Waals surface area (Å²) in [6.45, 7) is 12.2. The largest absolute Gasteiger partial charge is 0.481 e. The van der Waals surface area contributed by atoms with E-state index in [0.717, 1.165) is 0 Å². The van der Waals surface area contributed by atoms with E-state index in [4.69, 9.17) is 39.8 Å². The summed E-state index contributed by atoms with van der Waals surface area (Å²) in [5, 5.41) is 57.3. The van der Waals surface area contributed by atoms with Gasteiger partial charge in [-0.2, -0.15) is 0 Å². The second kappa shape index (κ2) is 47.7. The molecule has 0 unspecified atom stereocenters. The van der Waals surface area contributed by atoms with Gasteiger partial charge in [0.1, 0.15) is 84.6 Å². The fraction of sp³-hybridized carbons (Fsp3) is 0.729. The average molecular weight is 1590 g/mol. The van der Waals surface area contributed by atoms with Crippen LogP contribution in [-0.4, -0.2) is 267 Å². The Labute approximate surface area is 650 Å². The predicted molar refractivity (Wildman–Crippen MR) is 402 cm³/mol. The van der Waals surface area contributed by atoms with Crippen molar-refractivity contribution in [3.63, 3.8) is 0 Å². The van der Waals surface area contributed by atoms with Crippen LogP contribution >= 0.6 is 0 Å². The molecule has 0 radical (unpaired) electrons. The molecular weight excluding hydrogens is 1470 g/mol. The smallest absolute Gasteiger partial charge is 0.326 e. The minimum atomic E-state index is -1.54. The molecule has 16 amide bonds. The number of aliphatic carboxylic acids is 2. The van der Waals surface area contributed by atoms with Crippen LogP contribution in [0.1, 0.15) is 184 Å². The van der Waals surface area contributed by atoms with Crippen LogP contribution in [0.3, 0.4) is 0 Å². The number of carboxylic acids is 2. The molecule has 3 rings (SSSR count). The van der Waals surface area contributed by atoms with Crippen molar-refractivity contribution < 1.29 is 96.5 Å². The number of nitrogens with one attached hydrogen (secondary N) is 13. The Morgan fingerprint density at radius 2 is 0.732 bits per heavy atom. The van der Waals surface area contributed by atoms with Crippen molar-refractivity contribution in [3.8, 4) is 0 Å². The number of nitrogens with two attached hydrogens (primary N) is 6. The zero-order chi connectivity index (χ0) is 84.4. The first kappa shape index (κ1) is 95.8. The lowest BCUT2D eigenvalue weighted by Gasteiger charge is -2.33. The monoisotopic (exact) mass is 1590 g/mol. The Hall–Kier alpha value is -10.4. The first-order valence-corrected chi connectivity index (χ1v) is 38.2. The van der Waals surface area contributed by atoms with E-state index in [1.165, 1.54) is 42.4 Å². The fourth-order valence-electron chi connectivity index (χ4n) is 12.8. The number of guanidine groups is 1. The number of carbonyl (C=O) groups excluding carboxylic acids is 16. The minimum Gasteiger partial charge on any atom is -0.481 e. The average Bonchev–Trinajstić information content (AvgIpc) is 1.62. The summed E-state index contributed by atoms with van der Waals surface area (Å²) in [6, 6.07) is -19.8. The maximum absolute atomic E-state index is 14.8. The fourth-order valence-corrected chi connectivity index (χ4v) is 12.8. The highest BCUT2D eigenvalue weighted by atomic mass is 16.4. The highest BCUT2D eigenvalue weighted by molar-refractivity contribution is 6.01. The maximum Gasteiger partial charge on any atom is 0.326 e. The summed E-state index contributed by atoms with van der Waals surface area (Å²) in [4.78, 5) is 246. The van der Waals surface area contributed by atoms with Crippen LogP contribution in [0.2, 0.25) is 0 Å². The van der Waals surface area contributed by atoms with E-state index in [1.807, 2.05) is 0 Å². The molecule has 3 saturated heterocycles. The Balaban J connectivity index is 1.82. The molecule has 15 atom stereocenters. The van der Waals surface area contributed by atoms with Gasteiger partial charge in [0.05, 0.1) is 6.04 Å². The highest BCUT2D eigenvalue weighted by Gasteiger charge is 2.45. The van der Waals surface area contributed by atoms with E-state index in [9.17, 15) is 96.5 Å². The molecule has 0 spiro atoms. The van der Waals surface area contributed by atoms with Crippen LogP contribution in [0.4, 0.5) is 0 Å². The summed E-state index contributed by atoms with van der Waals surface area (Å²) in [5.41, 5.74) is 33.5. The van der Waals surface area contributed by atoms with Gasteiger partial charge in [-0.15, -0.1) is 0 Å². The normalized spacial score (nSPS) is 18.5. The SMILES string of the molecule is CC(C)[C@H](NC(=O)[C@H](CCCCN)NC(=O)[C@H](CCCNC(=N)N)NC(=O)[C@@H]1CCCN1C(=O)[C@H](CCCCN)NC(=O)[C@H](C)NC(=O)[C@H](CCC(N)=O)NC(=O)[C@@H]1CCCN1C(=O)[C@@H](NC(=O)[C@@H]1CCCN1C(=O)[C@H](CCC(=O)O)NC(=O)[C@H](C)N)C(C)C)C(=O)N[C@@H](C)C(=O)N[C@@H](C)C(=O)N[C@@H](CCC(N)=O)C(=O)O. The van der Waals surface area contributed by atoms with Crippen molar-refractivity contribution in [3.05, 3.63) is 0 Å². The van der Waals surface area contributed by atoms with Crippen molar-refractivity contribution in [2.75, 3.05) is 39.3 Å². The minimum absolute atomic E-state index is 0.00659. The van der Waals surface area contributed by atoms with Gasteiger partial charge in [-0.05, 0) is 162 Å². The van der Waals surface area contributed by atoms with Crippen LogP contribution < -0.4 is 98.2 Å². The first-order valence-electron chi connectivity index (χ1n) is 38.2. The van der Waals surface area contributed by atoms with Gasteiger partial charge in [-0.3, -0.25) is 86.9 Å². The molecule has 3 heterocycles. The molecule has 3 aliphatic heterocycles. The molecule has 3 aliphatic rings. The van der Waals surface area contributed by atoms with E-state index in [0.29, 0.717) is 32.1 Å². The van der Waals surface area contributed by atoms with Gasteiger partial charge in [-0.25, -0.2) is 4.79 Å². The molecule has 112 heavy (non-hydrogen) atoms. The third-order valence-electron chi connectivity index (χ3n) is 19.3. The van der Waals surface area contributed by atoms with Crippen LogP contribution in [0.5, 0.6) is 0 Å². The molecule has 42 nitrogen and oxygen atoms in total. The third-order valence-corrected chi connectivity index (χ3v) is 19.3. The number of carboxylic acid groups (broad SMARTS) is 2. The summed E-state index contributed by atoms with van der Waals surface area (Å²) in [5.74, 6) is -17.4. The number of rotatable bonds is 49. The second-order valence-electron chi connectivity index (χ2n) is 29.2. The van der Waals surface area contributed by atoms with Gasteiger partial charge in [0.25, 0.3) is 0 Å². The molecule has 27 N–H and O–H groups in total. The number of hydrogen-bond acceptors (Lipinski definition) is 22. The molecule has 42 heteroatoms. The van der Waals surface area contributed by atoms with Gasteiger partial charge in [0.2, 0.25) is 94.5 Å². The van der Waals surface area contributed by atoms with Crippen LogP contribution in [-0.2, 0) is 86.3 Å². The lowest BCUT2D eigenvalue weighted by molar-refractivity contribution is -0.145. The quantitative estimate of drug-likeness (QED) is 0.0153. The Morgan fingerprint density at radius 3 is 1.17 bits per heavy atom. The zero-order valence-electron chi connectivity index (χ0n) is 65.2. The lowest BCUT2D eigenvalue weighted by Crippen LogP contribution is -2.61. The van der Waals surface area contributed by atoms with E-state index in [2.05, 4.69) is 63.8 Å². The second-order valence-corrected chi connectivity index (χ2v) is 29.2. The molecule has 630 valence electrons. The Bertz CT molecular complexity index is 3340. The Kier molecular flexibility index (Phi) is 40.8. The zero-order valence-corrected chi connectivity index (χ0v) is 65.2. The number of carbonyl (C=O) groups is 18. The van der Waals surface area contributed by atoms with Crippen molar-refractivity contribution in [1.29, 1.82) is 5.41 Å². The summed E-state index contributed by atoms with van der Waals surface area (Å²) in [7, 11) is 0. The molecule has 0 aliphatic carbocycles. The third kappa shape index (κ3) is 31.4. The highest BCUT2D eigenvalue weighted by Crippen LogP contribution is 2.25.